The lowest BCUT2D eigenvalue weighted by atomic mass is 9.87. The van der Waals surface area contributed by atoms with Crippen LogP contribution in [0.3, 0.4) is 0 Å². The lowest BCUT2D eigenvalue weighted by Crippen LogP contribution is -2.39. The Morgan fingerprint density at radius 1 is 1.21 bits per heavy atom. The third-order valence-electron chi connectivity index (χ3n) is 3.98. The Bertz CT molecular complexity index is 532. The lowest BCUT2D eigenvalue weighted by molar-refractivity contribution is 0.226. The van der Waals surface area contributed by atoms with Crippen molar-refractivity contribution in [2.45, 2.75) is 31.6 Å². The van der Waals surface area contributed by atoms with Gasteiger partial charge in [0.25, 0.3) is 0 Å². The summed E-state index contributed by atoms with van der Waals surface area (Å²) >= 11 is 0. The summed E-state index contributed by atoms with van der Waals surface area (Å²) in [4.78, 5) is 0.234. The van der Waals surface area contributed by atoms with Crippen LogP contribution in [0, 0.1) is 11.8 Å². The molecule has 0 amide bonds. The van der Waals surface area contributed by atoms with E-state index in [0.717, 1.165) is 12.8 Å². The maximum Gasteiger partial charge on any atom is 0.245 e. The van der Waals surface area contributed by atoms with Gasteiger partial charge in [0.05, 0.1) is 5.69 Å². The van der Waals surface area contributed by atoms with Crippen LogP contribution in [0.2, 0.25) is 0 Å². The average molecular weight is 282 g/mol. The van der Waals surface area contributed by atoms with Crippen molar-refractivity contribution in [1.29, 1.82) is 0 Å². The number of sulfonamides is 1. The van der Waals surface area contributed by atoms with Gasteiger partial charge in [-0.3, -0.25) is 0 Å². The van der Waals surface area contributed by atoms with E-state index in [4.69, 9.17) is 5.73 Å². The van der Waals surface area contributed by atoms with Crippen LogP contribution in [0.5, 0.6) is 0 Å². The summed E-state index contributed by atoms with van der Waals surface area (Å²) in [6.45, 7) is 5.59. The Morgan fingerprint density at radius 2 is 1.79 bits per heavy atom. The second-order valence-electron chi connectivity index (χ2n) is 5.52. The first kappa shape index (κ1) is 14.3. The number of nitrogens with two attached hydrogens (primary N) is 1. The maximum absolute atomic E-state index is 12.5. The molecule has 2 rings (SSSR count). The molecule has 1 aromatic rings. The first-order chi connectivity index (χ1) is 8.93. The van der Waals surface area contributed by atoms with Crippen molar-refractivity contribution in [2.24, 2.45) is 11.8 Å². The first-order valence-corrected chi connectivity index (χ1v) is 8.21. The van der Waals surface area contributed by atoms with E-state index in [2.05, 4.69) is 13.8 Å². The van der Waals surface area contributed by atoms with Crippen LogP contribution in [0.25, 0.3) is 0 Å². The van der Waals surface area contributed by atoms with Gasteiger partial charge in [-0.05, 0) is 36.8 Å². The number of hydrogen-bond acceptors (Lipinski definition) is 3. The number of anilines is 1. The Morgan fingerprint density at radius 3 is 2.32 bits per heavy atom. The molecule has 1 aliphatic rings. The Balaban J connectivity index is 2.17. The van der Waals surface area contributed by atoms with E-state index in [1.807, 2.05) is 0 Å². The van der Waals surface area contributed by atoms with E-state index in [9.17, 15) is 8.42 Å². The van der Waals surface area contributed by atoms with Gasteiger partial charge < -0.3 is 5.73 Å². The van der Waals surface area contributed by atoms with Gasteiger partial charge in [-0.25, -0.2) is 8.42 Å². The molecule has 0 bridgehead atoms. The second kappa shape index (κ2) is 5.51. The van der Waals surface area contributed by atoms with Crippen molar-refractivity contribution in [3.8, 4) is 0 Å². The van der Waals surface area contributed by atoms with Gasteiger partial charge in [-0.1, -0.05) is 26.0 Å². The predicted molar refractivity (Wildman–Crippen MR) is 77.2 cm³/mol. The zero-order chi connectivity index (χ0) is 14.0. The van der Waals surface area contributed by atoms with Crippen LogP contribution < -0.4 is 5.73 Å². The first-order valence-electron chi connectivity index (χ1n) is 6.77. The van der Waals surface area contributed by atoms with Crippen LogP contribution in [0.15, 0.2) is 29.2 Å². The van der Waals surface area contributed by atoms with Crippen molar-refractivity contribution < 1.29 is 8.42 Å². The highest BCUT2D eigenvalue weighted by Gasteiger charge is 2.31. The van der Waals surface area contributed by atoms with E-state index in [1.165, 1.54) is 0 Å². The molecule has 1 saturated heterocycles. The molecule has 19 heavy (non-hydrogen) atoms. The summed E-state index contributed by atoms with van der Waals surface area (Å²) < 4.78 is 26.6. The number of nitrogens with zero attached hydrogens (tertiary/aromatic N) is 1. The van der Waals surface area contributed by atoms with Crippen LogP contribution in [-0.4, -0.2) is 25.8 Å². The Labute approximate surface area is 115 Å². The molecule has 0 spiro atoms. The minimum atomic E-state index is -3.43. The summed E-state index contributed by atoms with van der Waals surface area (Å²) in [6, 6.07) is 6.68. The number of para-hydroxylation sites is 1. The molecule has 0 aliphatic carbocycles. The highest BCUT2D eigenvalue weighted by molar-refractivity contribution is 7.89. The third-order valence-corrected chi connectivity index (χ3v) is 5.95. The minimum absolute atomic E-state index is 0.234. The van der Waals surface area contributed by atoms with Crippen molar-refractivity contribution >= 4 is 15.7 Å². The molecular formula is C14H22N2O2S. The highest BCUT2D eigenvalue weighted by Crippen LogP contribution is 2.29. The molecule has 0 unspecified atom stereocenters. The van der Waals surface area contributed by atoms with Crippen LogP contribution in [0.4, 0.5) is 5.69 Å². The van der Waals surface area contributed by atoms with Gasteiger partial charge in [-0.2, -0.15) is 4.31 Å². The fourth-order valence-electron chi connectivity index (χ4n) is 2.64. The predicted octanol–water partition coefficient (Wildman–Crippen LogP) is 2.33. The highest BCUT2D eigenvalue weighted by atomic mass is 32.2. The quantitative estimate of drug-likeness (QED) is 0.865. The van der Waals surface area contributed by atoms with Crippen molar-refractivity contribution in [3.63, 3.8) is 0 Å². The summed E-state index contributed by atoms with van der Waals surface area (Å²) in [5.74, 6) is 1.24. The molecule has 1 aromatic carbocycles. The maximum atomic E-state index is 12.5. The summed E-state index contributed by atoms with van der Waals surface area (Å²) in [5, 5.41) is 0. The van der Waals surface area contributed by atoms with Gasteiger partial charge >= 0.3 is 0 Å². The number of rotatable bonds is 3. The van der Waals surface area contributed by atoms with Crippen molar-refractivity contribution in [2.75, 3.05) is 18.8 Å². The van der Waals surface area contributed by atoms with Crippen molar-refractivity contribution in [1.82, 2.24) is 4.31 Å². The summed E-state index contributed by atoms with van der Waals surface area (Å²) in [5.41, 5.74) is 6.11. The van der Waals surface area contributed by atoms with Crippen LogP contribution in [0.1, 0.15) is 26.7 Å². The van der Waals surface area contributed by atoms with Gasteiger partial charge in [0.2, 0.25) is 10.0 Å². The monoisotopic (exact) mass is 282 g/mol. The molecule has 0 saturated carbocycles. The molecule has 5 heteroatoms. The SMILES string of the molecule is CC(C)C1CCN(S(=O)(=O)c2ccccc2N)CC1. The molecule has 1 aliphatic heterocycles. The molecule has 2 N–H and O–H groups in total. The Hall–Kier alpha value is -1.07. The topological polar surface area (TPSA) is 63.4 Å². The van der Waals surface area contributed by atoms with Gasteiger partial charge in [0.15, 0.2) is 0 Å². The lowest BCUT2D eigenvalue weighted by Gasteiger charge is -2.33. The molecule has 0 radical (unpaired) electrons. The number of nitrogen functional groups attached to an aromatic ring is 1. The van der Waals surface area contributed by atoms with Gasteiger partial charge in [0.1, 0.15) is 4.90 Å². The fourth-order valence-corrected chi connectivity index (χ4v) is 4.22. The van der Waals surface area contributed by atoms with Gasteiger partial charge in [0, 0.05) is 13.1 Å². The van der Waals surface area contributed by atoms with Crippen LogP contribution in [-0.2, 0) is 10.0 Å². The third kappa shape index (κ3) is 2.92. The average Bonchev–Trinajstić information content (AvgIpc) is 2.39. The second-order valence-corrected chi connectivity index (χ2v) is 7.43. The smallest absolute Gasteiger partial charge is 0.245 e. The Kier molecular flexibility index (Phi) is 4.16. The largest absolute Gasteiger partial charge is 0.398 e. The molecule has 4 nitrogen and oxygen atoms in total. The molecule has 106 valence electrons. The zero-order valence-corrected chi connectivity index (χ0v) is 12.4. The van der Waals surface area contributed by atoms with Crippen molar-refractivity contribution in [3.05, 3.63) is 24.3 Å². The molecular weight excluding hydrogens is 260 g/mol. The van der Waals surface area contributed by atoms with E-state index >= 15 is 0 Å². The number of piperidine rings is 1. The number of benzene rings is 1. The summed E-state index contributed by atoms with van der Waals surface area (Å²) in [6.07, 6.45) is 1.87. The normalized spacial score (nSPS) is 18.9. The standard InChI is InChI=1S/C14H22N2O2S/c1-11(2)12-7-9-16(10-8-12)19(17,18)14-6-4-3-5-13(14)15/h3-6,11-12H,7-10,15H2,1-2H3. The van der Waals surface area contributed by atoms with Gasteiger partial charge in [-0.15, -0.1) is 0 Å². The number of hydrogen-bond donors (Lipinski definition) is 1. The van der Waals surface area contributed by atoms with E-state index < -0.39 is 10.0 Å². The zero-order valence-electron chi connectivity index (χ0n) is 11.5. The van der Waals surface area contributed by atoms with E-state index in [0.29, 0.717) is 30.6 Å². The van der Waals surface area contributed by atoms with Crippen LogP contribution >= 0.6 is 0 Å². The van der Waals surface area contributed by atoms with E-state index in [1.54, 1.807) is 28.6 Å². The molecule has 1 fully saturated rings. The molecule has 0 atom stereocenters. The molecule has 1 heterocycles. The van der Waals surface area contributed by atoms with E-state index in [-0.39, 0.29) is 4.90 Å². The molecule has 0 aromatic heterocycles. The fraction of sp³-hybridized carbons (Fsp3) is 0.571. The minimum Gasteiger partial charge on any atom is -0.398 e. The summed E-state index contributed by atoms with van der Waals surface area (Å²) in [7, 11) is -3.43.